The zero-order valence-electron chi connectivity index (χ0n) is 19.1. The van der Waals surface area contributed by atoms with Crippen molar-refractivity contribution in [2.45, 2.75) is 77.5 Å². The van der Waals surface area contributed by atoms with Crippen LogP contribution in [0.2, 0.25) is 18.1 Å². The van der Waals surface area contributed by atoms with Crippen LogP contribution in [0.5, 0.6) is 5.88 Å². The minimum atomic E-state index is -2.19. The van der Waals surface area contributed by atoms with E-state index in [0.29, 0.717) is 0 Å². The van der Waals surface area contributed by atoms with Crippen LogP contribution in [0.15, 0.2) is 18.3 Å². The topological polar surface area (TPSA) is 104 Å². The number of rotatable bonds is 5. The van der Waals surface area contributed by atoms with Gasteiger partial charge in [0.1, 0.15) is 17.8 Å². The van der Waals surface area contributed by atoms with Crippen molar-refractivity contribution in [3.05, 3.63) is 28.4 Å². The highest BCUT2D eigenvalue weighted by molar-refractivity contribution is 6.74. The maximum absolute atomic E-state index is 12.6. The summed E-state index contributed by atoms with van der Waals surface area (Å²) in [6.07, 6.45) is -0.0692. The average molecular weight is 440 g/mol. The summed E-state index contributed by atoms with van der Waals surface area (Å²) in [5, 5.41) is 11.3. The molecule has 2 heterocycles. The molecule has 0 aliphatic carbocycles. The van der Waals surface area contributed by atoms with Gasteiger partial charge in [-0.15, -0.1) is 0 Å². The molecule has 168 valence electrons. The quantitative estimate of drug-likeness (QED) is 0.381. The van der Waals surface area contributed by atoms with E-state index in [-0.39, 0.29) is 29.7 Å². The van der Waals surface area contributed by atoms with Crippen LogP contribution in [0.4, 0.5) is 10.5 Å². The molecule has 0 N–H and O–H groups in total. The molecule has 1 aliphatic rings. The van der Waals surface area contributed by atoms with Crippen molar-refractivity contribution in [1.82, 2.24) is 9.88 Å². The monoisotopic (exact) mass is 439 g/mol. The summed E-state index contributed by atoms with van der Waals surface area (Å²) in [4.78, 5) is 29.0. The van der Waals surface area contributed by atoms with Crippen LogP contribution < -0.4 is 4.74 Å². The smallest absolute Gasteiger partial charge is 0.410 e. The van der Waals surface area contributed by atoms with Crippen LogP contribution >= 0.6 is 0 Å². The van der Waals surface area contributed by atoms with E-state index in [9.17, 15) is 14.9 Å². The summed E-state index contributed by atoms with van der Waals surface area (Å²) in [5.41, 5.74) is -0.856. The average Bonchev–Trinajstić information content (AvgIpc) is 2.95. The van der Waals surface area contributed by atoms with Gasteiger partial charge in [0.15, 0.2) is 8.32 Å². The van der Waals surface area contributed by atoms with Crippen LogP contribution in [0.3, 0.4) is 0 Å². The van der Waals surface area contributed by atoms with Crippen LogP contribution in [0.25, 0.3) is 0 Å². The number of ether oxygens (including phenoxy) is 2. The number of carbonyl (C=O) groups is 1. The van der Waals surface area contributed by atoms with E-state index in [1.807, 2.05) is 0 Å². The number of nitrogens with zero attached hydrogens (tertiary/aromatic N) is 3. The van der Waals surface area contributed by atoms with Gasteiger partial charge in [-0.1, -0.05) is 20.8 Å². The van der Waals surface area contributed by atoms with Gasteiger partial charge in [-0.05, 0) is 45.0 Å². The van der Waals surface area contributed by atoms with Crippen molar-refractivity contribution in [2.75, 3.05) is 13.1 Å². The van der Waals surface area contributed by atoms with E-state index >= 15 is 0 Å². The molecule has 1 aromatic rings. The summed E-state index contributed by atoms with van der Waals surface area (Å²) >= 11 is 0. The Labute approximate surface area is 179 Å². The van der Waals surface area contributed by atoms with Crippen molar-refractivity contribution in [3.63, 3.8) is 0 Å². The first-order chi connectivity index (χ1) is 13.6. The van der Waals surface area contributed by atoms with Gasteiger partial charge in [0.2, 0.25) is 0 Å². The number of amides is 1. The Morgan fingerprint density at radius 1 is 1.20 bits per heavy atom. The van der Waals surface area contributed by atoms with Crippen molar-refractivity contribution < 1.29 is 23.6 Å². The molecule has 0 bridgehead atoms. The largest absolute Gasteiger partial charge is 0.465 e. The fraction of sp³-hybridized carbons (Fsp3) is 0.700. The lowest BCUT2D eigenvalue weighted by Crippen LogP contribution is -2.48. The molecule has 10 heteroatoms. The molecule has 0 saturated carbocycles. The lowest BCUT2D eigenvalue weighted by Gasteiger charge is -2.39. The number of nitro groups is 1. The van der Waals surface area contributed by atoms with Gasteiger partial charge in [0.05, 0.1) is 18.0 Å². The number of likely N-dealkylation sites (tertiary alicyclic amines) is 1. The van der Waals surface area contributed by atoms with Gasteiger partial charge in [0.25, 0.3) is 5.88 Å². The van der Waals surface area contributed by atoms with E-state index in [0.717, 1.165) is 0 Å². The minimum absolute atomic E-state index is 0.0477. The lowest BCUT2D eigenvalue weighted by molar-refractivity contribution is -0.386. The molecule has 0 spiro atoms. The molecular formula is C20H33N3O6Si. The highest BCUT2D eigenvalue weighted by Gasteiger charge is 2.46. The van der Waals surface area contributed by atoms with Gasteiger partial charge in [-0.25, -0.2) is 9.78 Å². The van der Waals surface area contributed by atoms with Crippen LogP contribution in [-0.4, -0.2) is 60.1 Å². The second-order valence-electron chi connectivity index (χ2n) is 10.0. The van der Waals surface area contributed by atoms with Crippen molar-refractivity contribution >= 4 is 20.1 Å². The van der Waals surface area contributed by atoms with Crippen LogP contribution in [0.1, 0.15) is 41.5 Å². The van der Waals surface area contributed by atoms with Crippen molar-refractivity contribution in [2.24, 2.45) is 0 Å². The lowest BCUT2D eigenvalue weighted by atomic mass is 10.2. The first-order valence-electron chi connectivity index (χ1n) is 10.0. The fourth-order valence-electron chi connectivity index (χ4n) is 2.76. The summed E-state index contributed by atoms with van der Waals surface area (Å²) in [6.45, 7) is 16.5. The highest BCUT2D eigenvalue weighted by Crippen LogP contribution is 2.39. The van der Waals surface area contributed by atoms with Gasteiger partial charge in [-0.2, -0.15) is 0 Å². The van der Waals surface area contributed by atoms with Crippen LogP contribution in [-0.2, 0) is 9.16 Å². The van der Waals surface area contributed by atoms with Gasteiger partial charge >= 0.3 is 11.8 Å². The first-order valence-corrected chi connectivity index (χ1v) is 12.9. The summed E-state index contributed by atoms with van der Waals surface area (Å²) in [7, 11) is -2.19. The number of hydrogen-bond acceptors (Lipinski definition) is 7. The Balaban J connectivity index is 2.29. The fourth-order valence-corrected chi connectivity index (χ4v) is 4.09. The molecule has 1 aliphatic heterocycles. The molecule has 1 amide bonds. The Hall–Kier alpha value is -2.20. The predicted octanol–water partition coefficient (Wildman–Crippen LogP) is 4.38. The van der Waals surface area contributed by atoms with E-state index in [4.69, 9.17) is 13.9 Å². The minimum Gasteiger partial charge on any atom is -0.465 e. The number of carbonyl (C=O) groups excluding carboxylic acids is 1. The molecule has 9 nitrogen and oxygen atoms in total. The zero-order chi connectivity index (χ0) is 22.9. The molecule has 0 unspecified atom stereocenters. The Kier molecular flexibility index (Phi) is 6.82. The highest BCUT2D eigenvalue weighted by atomic mass is 28.4. The molecular weight excluding hydrogens is 406 g/mol. The van der Waals surface area contributed by atoms with Gasteiger partial charge < -0.3 is 18.8 Å². The number of aromatic nitrogens is 1. The summed E-state index contributed by atoms with van der Waals surface area (Å²) in [6, 6.07) is 2.82. The molecule has 2 rings (SSSR count). The predicted molar refractivity (Wildman–Crippen MR) is 115 cm³/mol. The third-order valence-corrected chi connectivity index (χ3v) is 9.83. The first kappa shape index (κ1) is 24.1. The van der Waals surface area contributed by atoms with E-state index < -0.39 is 37.1 Å². The maximum Gasteiger partial charge on any atom is 0.410 e. The Morgan fingerprint density at radius 3 is 2.33 bits per heavy atom. The SMILES string of the molecule is CC(C)(C)OC(=O)N1C[C@@H](Oc2ncccc2[N+](=O)[O-])[C@H](O[Si](C)(C)C(C)(C)C)C1. The standard InChI is InChI=1S/C20H33N3O6Si/c1-19(2,3)28-18(24)22-12-15(16(13-22)29-30(7,8)20(4,5)6)27-17-14(23(25)26)10-9-11-21-17/h9-11,15-16H,12-13H2,1-8H3/t15-,16-/m1/s1. The van der Waals surface area contributed by atoms with Crippen molar-refractivity contribution in [3.8, 4) is 5.88 Å². The van der Waals surface area contributed by atoms with Gasteiger partial charge in [0, 0.05) is 12.3 Å². The van der Waals surface area contributed by atoms with E-state index in [1.165, 1.54) is 23.2 Å². The number of hydrogen-bond donors (Lipinski definition) is 0. The third-order valence-electron chi connectivity index (χ3n) is 5.33. The third kappa shape index (κ3) is 5.91. The number of pyridine rings is 1. The second-order valence-corrected chi connectivity index (χ2v) is 14.8. The summed E-state index contributed by atoms with van der Waals surface area (Å²) in [5.74, 6) is -0.0811. The molecule has 0 aromatic carbocycles. The Bertz CT molecular complexity index is 787. The summed E-state index contributed by atoms with van der Waals surface area (Å²) < 4.78 is 18.0. The van der Waals surface area contributed by atoms with Gasteiger partial charge in [-0.3, -0.25) is 10.1 Å². The molecule has 1 fully saturated rings. The normalized spacial score (nSPS) is 20.2. The van der Waals surface area contributed by atoms with E-state index in [1.54, 1.807) is 20.8 Å². The van der Waals surface area contributed by atoms with Crippen molar-refractivity contribution in [1.29, 1.82) is 0 Å². The molecule has 1 aromatic heterocycles. The zero-order valence-corrected chi connectivity index (χ0v) is 20.1. The second kappa shape index (κ2) is 8.50. The van der Waals surface area contributed by atoms with E-state index in [2.05, 4.69) is 38.8 Å². The Morgan fingerprint density at radius 2 is 1.80 bits per heavy atom. The molecule has 30 heavy (non-hydrogen) atoms. The molecule has 2 atom stereocenters. The molecule has 0 radical (unpaired) electrons. The molecule has 1 saturated heterocycles. The maximum atomic E-state index is 12.6. The van der Waals surface area contributed by atoms with Crippen LogP contribution in [0, 0.1) is 10.1 Å².